The molecule has 0 saturated carbocycles. The number of rotatable bonds is 4. The number of aromatic hydroxyl groups is 1. The van der Waals surface area contributed by atoms with Crippen LogP contribution in [0.4, 0.5) is 22.7 Å². The summed E-state index contributed by atoms with van der Waals surface area (Å²) in [6.45, 7) is 0. The summed E-state index contributed by atoms with van der Waals surface area (Å²) in [5, 5.41) is 12.7. The van der Waals surface area contributed by atoms with Crippen LogP contribution in [0.1, 0.15) is 0 Å². The number of para-hydroxylation sites is 2. The second-order valence-corrected chi connectivity index (χ2v) is 4.77. The summed E-state index contributed by atoms with van der Waals surface area (Å²) in [4.78, 5) is 12.6. The normalized spacial score (nSPS) is 9.74. The number of hydrogen-bond donors (Lipinski definition) is 1. The second kappa shape index (κ2) is 7.42. The van der Waals surface area contributed by atoms with Gasteiger partial charge < -0.3 is 10.0 Å². The summed E-state index contributed by atoms with van der Waals surface area (Å²) in [5.41, 5.74) is 2.70. The maximum absolute atomic E-state index is 10.6. The molecule has 0 radical (unpaired) electrons. The van der Waals surface area contributed by atoms with Gasteiger partial charge in [-0.05, 0) is 41.6 Å². The van der Waals surface area contributed by atoms with Crippen LogP contribution in [0.15, 0.2) is 84.0 Å². The Morgan fingerprint density at radius 3 is 1.70 bits per heavy atom. The van der Waals surface area contributed by atoms with Gasteiger partial charge in [0.2, 0.25) is 0 Å². The van der Waals surface area contributed by atoms with Gasteiger partial charge in [0.15, 0.2) is 0 Å². The van der Waals surface area contributed by atoms with Gasteiger partial charge in [-0.15, -0.1) is 17.3 Å². The molecular formula is C18H15ClN2O2. The Morgan fingerprint density at radius 2 is 1.26 bits per heavy atom. The van der Waals surface area contributed by atoms with Crippen LogP contribution in [0.25, 0.3) is 0 Å². The van der Waals surface area contributed by atoms with Crippen molar-refractivity contribution in [2.45, 2.75) is 0 Å². The van der Waals surface area contributed by atoms with Gasteiger partial charge >= 0.3 is 0 Å². The molecule has 0 saturated heterocycles. The Kier molecular flexibility index (Phi) is 5.33. The minimum absolute atomic E-state index is 0. The molecule has 0 amide bonds. The van der Waals surface area contributed by atoms with Gasteiger partial charge in [-0.2, -0.15) is 0 Å². The molecule has 5 heteroatoms. The second-order valence-electron chi connectivity index (χ2n) is 4.77. The molecule has 0 fully saturated rings. The highest BCUT2D eigenvalue weighted by Crippen LogP contribution is 2.38. The molecule has 23 heavy (non-hydrogen) atoms. The van der Waals surface area contributed by atoms with Crippen LogP contribution < -0.4 is 4.90 Å². The van der Waals surface area contributed by atoms with Gasteiger partial charge in [0.1, 0.15) is 11.4 Å². The van der Waals surface area contributed by atoms with Gasteiger partial charge in [-0.25, -0.2) is 0 Å². The van der Waals surface area contributed by atoms with Gasteiger partial charge in [0.25, 0.3) is 0 Å². The molecule has 0 aromatic heterocycles. The number of benzene rings is 3. The largest absolute Gasteiger partial charge is 0.505 e. The smallest absolute Gasteiger partial charge is 0.149 e. The van der Waals surface area contributed by atoms with Crippen molar-refractivity contribution >= 4 is 35.2 Å². The van der Waals surface area contributed by atoms with Crippen molar-refractivity contribution in [2.24, 2.45) is 5.18 Å². The molecule has 3 rings (SSSR count). The molecule has 0 aliphatic carbocycles. The van der Waals surface area contributed by atoms with E-state index in [9.17, 15) is 10.0 Å². The lowest BCUT2D eigenvalue weighted by Crippen LogP contribution is -2.09. The zero-order chi connectivity index (χ0) is 15.4. The standard InChI is InChI=1S/C18H14N2O2.ClH/c21-18-13-16(11-12-17(18)19-22)20(14-7-3-1-4-8-14)15-9-5-2-6-10-15;/h1-13,21H;1H. The van der Waals surface area contributed by atoms with E-state index in [1.807, 2.05) is 65.6 Å². The van der Waals surface area contributed by atoms with Crippen LogP contribution in [0, 0.1) is 4.91 Å². The van der Waals surface area contributed by atoms with Crippen molar-refractivity contribution in [3.8, 4) is 5.75 Å². The van der Waals surface area contributed by atoms with Crippen LogP contribution in [0.5, 0.6) is 5.75 Å². The summed E-state index contributed by atoms with van der Waals surface area (Å²) in [7, 11) is 0. The Bertz CT molecular complexity index is 740. The maximum atomic E-state index is 10.6. The molecule has 4 nitrogen and oxygen atoms in total. The first-order valence-electron chi connectivity index (χ1n) is 6.86. The summed E-state index contributed by atoms with van der Waals surface area (Å²) in [5.74, 6) is -0.135. The lowest BCUT2D eigenvalue weighted by atomic mass is 10.2. The van der Waals surface area contributed by atoms with E-state index in [2.05, 4.69) is 5.18 Å². The number of anilines is 3. The van der Waals surface area contributed by atoms with Crippen molar-refractivity contribution in [1.82, 2.24) is 0 Å². The van der Waals surface area contributed by atoms with E-state index in [0.717, 1.165) is 17.1 Å². The maximum Gasteiger partial charge on any atom is 0.149 e. The predicted molar refractivity (Wildman–Crippen MR) is 95.5 cm³/mol. The molecule has 1 N–H and O–H groups in total. The van der Waals surface area contributed by atoms with E-state index in [0.29, 0.717) is 0 Å². The number of halogens is 1. The molecule has 3 aromatic carbocycles. The number of phenols is 1. The number of hydrogen-bond acceptors (Lipinski definition) is 4. The number of phenolic OH excluding ortho intramolecular Hbond substituents is 1. The van der Waals surface area contributed by atoms with Crippen LogP contribution in [-0.2, 0) is 0 Å². The third kappa shape index (κ3) is 3.49. The average Bonchev–Trinajstić information content (AvgIpc) is 2.57. The summed E-state index contributed by atoms with van der Waals surface area (Å²) in [6, 6.07) is 24.4. The molecule has 0 spiro atoms. The third-order valence-electron chi connectivity index (χ3n) is 3.34. The zero-order valence-corrected chi connectivity index (χ0v) is 13.0. The minimum Gasteiger partial charge on any atom is -0.505 e. The molecule has 0 unspecified atom stereocenters. The van der Waals surface area contributed by atoms with E-state index in [1.54, 1.807) is 6.07 Å². The number of nitrogens with zero attached hydrogens (tertiary/aromatic N) is 2. The van der Waals surface area contributed by atoms with E-state index >= 15 is 0 Å². The van der Waals surface area contributed by atoms with E-state index in [-0.39, 0.29) is 23.8 Å². The van der Waals surface area contributed by atoms with Crippen molar-refractivity contribution in [3.63, 3.8) is 0 Å². The van der Waals surface area contributed by atoms with Gasteiger partial charge in [-0.1, -0.05) is 36.4 Å². The van der Waals surface area contributed by atoms with Crippen molar-refractivity contribution < 1.29 is 5.11 Å². The fourth-order valence-electron chi connectivity index (χ4n) is 2.33. The number of nitroso groups, excluding NO2 is 1. The fourth-order valence-corrected chi connectivity index (χ4v) is 2.33. The highest BCUT2D eigenvalue weighted by Gasteiger charge is 2.13. The van der Waals surface area contributed by atoms with Crippen LogP contribution in [0.3, 0.4) is 0 Å². The van der Waals surface area contributed by atoms with E-state index in [1.165, 1.54) is 12.1 Å². The topological polar surface area (TPSA) is 52.9 Å². The van der Waals surface area contributed by atoms with Gasteiger partial charge in [0, 0.05) is 23.1 Å². The highest BCUT2D eigenvalue weighted by atomic mass is 35.5. The van der Waals surface area contributed by atoms with E-state index < -0.39 is 0 Å². The van der Waals surface area contributed by atoms with Crippen molar-refractivity contribution in [2.75, 3.05) is 4.90 Å². The zero-order valence-electron chi connectivity index (χ0n) is 12.2. The van der Waals surface area contributed by atoms with Crippen molar-refractivity contribution in [1.29, 1.82) is 0 Å². The third-order valence-corrected chi connectivity index (χ3v) is 3.34. The molecule has 0 atom stereocenters. The Labute approximate surface area is 140 Å². The van der Waals surface area contributed by atoms with Crippen molar-refractivity contribution in [3.05, 3.63) is 83.8 Å². The Morgan fingerprint density at radius 1 is 0.739 bits per heavy atom. The quantitative estimate of drug-likeness (QED) is 0.627. The molecule has 116 valence electrons. The lowest BCUT2D eigenvalue weighted by Gasteiger charge is -2.25. The van der Waals surface area contributed by atoms with Gasteiger partial charge in [-0.3, -0.25) is 0 Å². The fraction of sp³-hybridized carbons (Fsp3) is 0. The highest BCUT2D eigenvalue weighted by molar-refractivity contribution is 5.85. The summed E-state index contributed by atoms with van der Waals surface area (Å²) in [6.07, 6.45) is 0. The molecule has 0 aliphatic heterocycles. The van der Waals surface area contributed by atoms with Crippen LogP contribution >= 0.6 is 12.4 Å². The lowest BCUT2D eigenvalue weighted by molar-refractivity contribution is 0.477. The molecule has 0 aliphatic rings. The van der Waals surface area contributed by atoms with Gasteiger partial charge in [0.05, 0.1) is 0 Å². The SMILES string of the molecule is Cl.O=Nc1ccc(N(c2ccccc2)c2ccccc2)cc1O. The Hall–Kier alpha value is -2.85. The first kappa shape index (κ1) is 16.5. The average molecular weight is 327 g/mol. The summed E-state index contributed by atoms with van der Waals surface area (Å²) >= 11 is 0. The first-order valence-corrected chi connectivity index (χ1v) is 6.86. The summed E-state index contributed by atoms with van der Waals surface area (Å²) < 4.78 is 0. The molecule has 0 bridgehead atoms. The van der Waals surface area contributed by atoms with Crippen LogP contribution in [0.2, 0.25) is 0 Å². The molecular weight excluding hydrogens is 312 g/mol. The molecule has 3 aromatic rings. The van der Waals surface area contributed by atoms with E-state index in [4.69, 9.17) is 0 Å². The molecule has 0 heterocycles. The minimum atomic E-state index is -0.135. The van der Waals surface area contributed by atoms with Crippen LogP contribution in [-0.4, -0.2) is 5.11 Å². The predicted octanol–water partition coefficient (Wildman–Crippen LogP) is 5.68. The monoisotopic (exact) mass is 326 g/mol. The first-order chi connectivity index (χ1) is 10.8. The Balaban J connectivity index is 0.00000192.